The predicted octanol–water partition coefficient (Wildman–Crippen LogP) is 3.06. The third-order valence-electron chi connectivity index (χ3n) is 2.39. The van der Waals surface area contributed by atoms with Gasteiger partial charge in [-0.05, 0) is 30.7 Å². The average molecular weight is 296 g/mol. The first kappa shape index (κ1) is 16.1. The van der Waals surface area contributed by atoms with E-state index in [1.54, 1.807) is 31.4 Å². The summed E-state index contributed by atoms with van der Waals surface area (Å²) in [4.78, 5) is 11.4. The van der Waals surface area contributed by atoms with Crippen LogP contribution in [0.25, 0.3) is 6.08 Å². The number of methoxy groups -OCH3 is 1. The summed E-state index contributed by atoms with van der Waals surface area (Å²) in [5, 5.41) is 3.09. The molecule has 108 valence electrons. The smallest absolute Gasteiger partial charge is 0.244 e. The Morgan fingerprint density at radius 3 is 2.85 bits per heavy atom. The van der Waals surface area contributed by atoms with Gasteiger partial charge in [-0.15, -0.1) is 6.58 Å². The van der Waals surface area contributed by atoms with E-state index in [1.807, 2.05) is 6.92 Å². The van der Waals surface area contributed by atoms with Gasteiger partial charge in [0.2, 0.25) is 5.91 Å². The van der Waals surface area contributed by atoms with Gasteiger partial charge in [-0.25, -0.2) is 0 Å². The van der Waals surface area contributed by atoms with Crippen LogP contribution >= 0.6 is 11.6 Å². The first-order valence-corrected chi connectivity index (χ1v) is 6.57. The Morgan fingerprint density at radius 2 is 2.25 bits per heavy atom. The standard InChI is InChI=1S/C15H18ClNO3/c1-4-8-17-14(18)7-6-11-9-12(16)15(20-5-2)13(10-11)19-3/h4,6-7,9-10H,1,5,8H2,2-3H3,(H,17,18)/b7-6+. The molecule has 1 aromatic carbocycles. The van der Waals surface area contributed by atoms with E-state index in [1.165, 1.54) is 6.08 Å². The molecule has 0 aliphatic rings. The number of carbonyl (C=O) groups excluding carboxylic acids is 1. The molecule has 0 aliphatic carbocycles. The summed E-state index contributed by atoms with van der Waals surface area (Å²) in [6.45, 7) is 6.32. The Labute approximate surface area is 124 Å². The number of hydrogen-bond acceptors (Lipinski definition) is 3. The summed E-state index contributed by atoms with van der Waals surface area (Å²) in [5.41, 5.74) is 0.754. The second kappa shape index (κ2) is 8.27. The third-order valence-corrected chi connectivity index (χ3v) is 2.67. The van der Waals surface area contributed by atoms with E-state index in [4.69, 9.17) is 21.1 Å². The van der Waals surface area contributed by atoms with Crippen LogP contribution in [0.15, 0.2) is 30.9 Å². The van der Waals surface area contributed by atoms with Crippen LogP contribution in [-0.4, -0.2) is 26.2 Å². The van der Waals surface area contributed by atoms with E-state index >= 15 is 0 Å². The Kier molecular flexibility index (Phi) is 6.67. The van der Waals surface area contributed by atoms with Gasteiger partial charge in [0.25, 0.3) is 0 Å². The Balaban J connectivity index is 2.91. The van der Waals surface area contributed by atoms with Crippen molar-refractivity contribution in [1.82, 2.24) is 5.32 Å². The molecule has 0 saturated heterocycles. The summed E-state index contributed by atoms with van der Waals surface area (Å²) in [6, 6.07) is 3.47. The van der Waals surface area contributed by atoms with Crippen LogP contribution in [0.1, 0.15) is 12.5 Å². The monoisotopic (exact) mass is 295 g/mol. The zero-order valence-corrected chi connectivity index (χ0v) is 12.4. The SMILES string of the molecule is C=CCNC(=O)/C=C/c1cc(Cl)c(OCC)c(OC)c1. The second-order valence-corrected chi connectivity index (χ2v) is 4.24. The molecule has 1 N–H and O–H groups in total. The molecule has 0 unspecified atom stereocenters. The van der Waals surface area contributed by atoms with Crippen molar-refractivity contribution in [2.75, 3.05) is 20.3 Å². The summed E-state index contributed by atoms with van der Waals surface area (Å²) in [6.07, 6.45) is 4.69. The fourth-order valence-electron chi connectivity index (χ4n) is 1.52. The maximum atomic E-state index is 11.4. The van der Waals surface area contributed by atoms with Gasteiger partial charge in [0.1, 0.15) is 0 Å². The van der Waals surface area contributed by atoms with E-state index in [9.17, 15) is 4.79 Å². The molecule has 1 aromatic rings. The van der Waals surface area contributed by atoms with Gasteiger partial charge in [0.05, 0.1) is 18.7 Å². The molecule has 4 nitrogen and oxygen atoms in total. The molecule has 0 aromatic heterocycles. The van der Waals surface area contributed by atoms with Gasteiger partial charge in [0.15, 0.2) is 11.5 Å². The maximum Gasteiger partial charge on any atom is 0.244 e. The molecule has 1 amide bonds. The quantitative estimate of drug-likeness (QED) is 0.621. The van der Waals surface area contributed by atoms with Crippen LogP contribution in [0.5, 0.6) is 11.5 Å². The van der Waals surface area contributed by atoms with Gasteiger partial charge in [-0.2, -0.15) is 0 Å². The lowest BCUT2D eigenvalue weighted by atomic mass is 10.2. The molecule has 20 heavy (non-hydrogen) atoms. The van der Waals surface area contributed by atoms with E-state index < -0.39 is 0 Å². The van der Waals surface area contributed by atoms with Crippen LogP contribution in [0, 0.1) is 0 Å². The Morgan fingerprint density at radius 1 is 1.50 bits per heavy atom. The molecule has 0 saturated carbocycles. The van der Waals surface area contributed by atoms with Gasteiger partial charge < -0.3 is 14.8 Å². The molecule has 1 rings (SSSR count). The van der Waals surface area contributed by atoms with Crippen molar-refractivity contribution < 1.29 is 14.3 Å². The van der Waals surface area contributed by atoms with E-state index in [-0.39, 0.29) is 5.91 Å². The summed E-state index contributed by atoms with van der Waals surface area (Å²) >= 11 is 6.14. The molecule has 0 bridgehead atoms. The minimum Gasteiger partial charge on any atom is -0.493 e. The summed E-state index contributed by atoms with van der Waals surface area (Å²) < 4.78 is 10.7. The van der Waals surface area contributed by atoms with Crippen molar-refractivity contribution in [3.05, 3.63) is 41.4 Å². The Hall–Kier alpha value is -1.94. The Bertz CT molecular complexity index is 512. The molecule has 0 aliphatic heterocycles. The predicted molar refractivity (Wildman–Crippen MR) is 81.4 cm³/mol. The maximum absolute atomic E-state index is 11.4. The topological polar surface area (TPSA) is 47.6 Å². The van der Waals surface area contributed by atoms with E-state index in [2.05, 4.69) is 11.9 Å². The normalized spacial score (nSPS) is 10.3. The lowest BCUT2D eigenvalue weighted by Crippen LogP contribution is -2.20. The molecule has 0 radical (unpaired) electrons. The highest BCUT2D eigenvalue weighted by atomic mass is 35.5. The number of rotatable bonds is 7. The average Bonchev–Trinajstić information content (AvgIpc) is 2.45. The van der Waals surface area contributed by atoms with Crippen LogP contribution in [-0.2, 0) is 4.79 Å². The van der Waals surface area contributed by atoms with Crippen LogP contribution in [0.4, 0.5) is 0 Å². The highest BCUT2D eigenvalue weighted by molar-refractivity contribution is 6.32. The number of halogens is 1. The highest BCUT2D eigenvalue weighted by Crippen LogP contribution is 2.36. The van der Waals surface area contributed by atoms with Gasteiger partial charge in [-0.1, -0.05) is 17.7 Å². The van der Waals surface area contributed by atoms with Crippen LogP contribution in [0.2, 0.25) is 5.02 Å². The fraction of sp³-hybridized carbons (Fsp3) is 0.267. The highest BCUT2D eigenvalue weighted by Gasteiger charge is 2.10. The van der Waals surface area contributed by atoms with Crippen molar-refractivity contribution in [3.8, 4) is 11.5 Å². The third kappa shape index (κ3) is 4.63. The summed E-state index contributed by atoms with van der Waals surface area (Å²) in [7, 11) is 1.54. The van der Waals surface area contributed by atoms with Crippen molar-refractivity contribution in [2.45, 2.75) is 6.92 Å². The number of hydrogen-bond donors (Lipinski definition) is 1. The van der Waals surface area contributed by atoms with E-state index in [0.717, 1.165) is 5.56 Å². The molecule has 0 spiro atoms. The van der Waals surface area contributed by atoms with Crippen molar-refractivity contribution in [2.24, 2.45) is 0 Å². The minimum absolute atomic E-state index is 0.200. The number of nitrogens with one attached hydrogen (secondary N) is 1. The molecular formula is C15H18ClNO3. The minimum atomic E-state index is -0.200. The number of ether oxygens (including phenoxy) is 2. The molecule has 0 fully saturated rings. The van der Waals surface area contributed by atoms with Crippen LogP contribution < -0.4 is 14.8 Å². The van der Waals surface area contributed by atoms with Crippen molar-refractivity contribution >= 4 is 23.6 Å². The van der Waals surface area contributed by atoms with Gasteiger partial charge in [0, 0.05) is 12.6 Å². The number of amides is 1. The summed E-state index contributed by atoms with van der Waals surface area (Å²) in [5.74, 6) is 0.837. The lowest BCUT2D eigenvalue weighted by Gasteiger charge is -2.11. The number of benzene rings is 1. The second-order valence-electron chi connectivity index (χ2n) is 3.83. The van der Waals surface area contributed by atoms with Gasteiger partial charge >= 0.3 is 0 Å². The number of carbonyl (C=O) groups is 1. The van der Waals surface area contributed by atoms with Crippen molar-refractivity contribution in [1.29, 1.82) is 0 Å². The first-order chi connectivity index (χ1) is 9.62. The van der Waals surface area contributed by atoms with Gasteiger partial charge in [-0.3, -0.25) is 4.79 Å². The molecule has 0 heterocycles. The zero-order valence-electron chi connectivity index (χ0n) is 11.6. The molecular weight excluding hydrogens is 278 g/mol. The first-order valence-electron chi connectivity index (χ1n) is 6.19. The largest absolute Gasteiger partial charge is 0.493 e. The zero-order chi connectivity index (χ0) is 15.0. The van der Waals surface area contributed by atoms with Crippen molar-refractivity contribution in [3.63, 3.8) is 0 Å². The lowest BCUT2D eigenvalue weighted by molar-refractivity contribution is -0.116. The van der Waals surface area contributed by atoms with E-state index in [0.29, 0.717) is 29.7 Å². The molecule has 0 atom stereocenters. The van der Waals surface area contributed by atoms with Crippen LogP contribution in [0.3, 0.4) is 0 Å². The fourth-order valence-corrected chi connectivity index (χ4v) is 1.80. The molecule has 5 heteroatoms.